The lowest BCUT2D eigenvalue weighted by atomic mass is 10.1. The molecule has 0 heterocycles. The molecule has 0 fully saturated rings. The fourth-order valence-electron chi connectivity index (χ4n) is 1.98. The van der Waals surface area contributed by atoms with Gasteiger partial charge in [-0.3, -0.25) is 0 Å². The molecule has 0 saturated heterocycles. The van der Waals surface area contributed by atoms with Gasteiger partial charge in [-0.05, 0) is 42.8 Å². The van der Waals surface area contributed by atoms with Crippen LogP contribution in [0.4, 0.5) is 0 Å². The first-order chi connectivity index (χ1) is 9.81. The van der Waals surface area contributed by atoms with Crippen LogP contribution in [0.2, 0.25) is 5.02 Å². The molecule has 0 spiro atoms. The zero-order valence-corrected chi connectivity index (χ0v) is 12.5. The Balaban J connectivity index is 1.96. The standard InChI is InChI=1S/C17H20ClNO/c1-2-19-11-6-12-20-17-10-9-15(13-16(17)18)14-7-4-3-5-8-14/h3-5,7-10,13,19H,2,6,11-12H2,1H3. The van der Waals surface area contributed by atoms with E-state index in [0.29, 0.717) is 11.6 Å². The van der Waals surface area contributed by atoms with Gasteiger partial charge in [0.1, 0.15) is 5.75 Å². The molecule has 2 aromatic carbocycles. The van der Waals surface area contributed by atoms with Crippen LogP contribution < -0.4 is 10.1 Å². The van der Waals surface area contributed by atoms with E-state index < -0.39 is 0 Å². The van der Waals surface area contributed by atoms with E-state index in [1.807, 2.05) is 36.4 Å². The highest BCUT2D eigenvalue weighted by atomic mass is 35.5. The first kappa shape index (κ1) is 14.9. The SMILES string of the molecule is CCNCCCOc1ccc(-c2ccccc2)cc1Cl. The van der Waals surface area contributed by atoms with Crippen LogP contribution in [0.25, 0.3) is 11.1 Å². The Kier molecular flexibility index (Phi) is 5.90. The molecule has 2 rings (SSSR count). The summed E-state index contributed by atoms with van der Waals surface area (Å²) in [5.74, 6) is 0.753. The molecule has 106 valence electrons. The Hall–Kier alpha value is -1.51. The number of hydrogen-bond acceptors (Lipinski definition) is 2. The largest absolute Gasteiger partial charge is 0.492 e. The van der Waals surface area contributed by atoms with Gasteiger partial charge in [0.15, 0.2) is 0 Å². The van der Waals surface area contributed by atoms with Gasteiger partial charge in [-0.1, -0.05) is 54.9 Å². The number of ether oxygens (including phenoxy) is 1. The van der Waals surface area contributed by atoms with E-state index in [1.165, 1.54) is 0 Å². The third-order valence-corrected chi connectivity index (χ3v) is 3.34. The van der Waals surface area contributed by atoms with Gasteiger partial charge >= 0.3 is 0 Å². The minimum Gasteiger partial charge on any atom is -0.492 e. The first-order valence-corrected chi connectivity index (χ1v) is 7.37. The van der Waals surface area contributed by atoms with Crippen molar-refractivity contribution in [1.29, 1.82) is 0 Å². The summed E-state index contributed by atoms with van der Waals surface area (Å²) in [6.07, 6.45) is 0.977. The molecule has 0 bridgehead atoms. The molecule has 0 aliphatic rings. The quantitative estimate of drug-likeness (QED) is 0.764. The minimum atomic E-state index is 0.662. The lowest BCUT2D eigenvalue weighted by Gasteiger charge is -2.10. The fraction of sp³-hybridized carbons (Fsp3) is 0.294. The summed E-state index contributed by atoms with van der Waals surface area (Å²) in [5, 5.41) is 3.93. The van der Waals surface area contributed by atoms with E-state index in [-0.39, 0.29) is 0 Å². The lowest BCUT2D eigenvalue weighted by Crippen LogP contribution is -2.16. The van der Waals surface area contributed by atoms with Crippen molar-refractivity contribution in [3.05, 3.63) is 53.6 Å². The Morgan fingerprint density at radius 1 is 1.05 bits per heavy atom. The number of benzene rings is 2. The topological polar surface area (TPSA) is 21.3 Å². The number of halogens is 1. The maximum Gasteiger partial charge on any atom is 0.137 e. The molecular weight excluding hydrogens is 270 g/mol. The highest BCUT2D eigenvalue weighted by molar-refractivity contribution is 6.32. The Morgan fingerprint density at radius 2 is 1.85 bits per heavy atom. The zero-order chi connectivity index (χ0) is 14.2. The summed E-state index contributed by atoms with van der Waals surface area (Å²) in [4.78, 5) is 0. The molecule has 0 unspecified atom stereocenters. The van der Waals surface area contributed by atoms with Crippen LogP contribution in [0.5, 0.6) is 5.75 Å². The van der Waals surface area contributed by atoms with E-state index in [2.05, 4.69) is 24.4 Å². The molecule has 2 aromatic rings. The highest BCUT2D eigenvalue weighted by Crippen LogP contribution is 2.30. The molecular formula is C17H20ClNO. The van der Waals surface area contributed by atoms with Gasteiger partial charge in [0.25, 0.3) is 0 Å². The summed E-state index contributed by atoms with van der Waals surface area (Å²) >= 11 is 6.28. The third-order valence-electron chi connectivity index (χ3n) is 3.04. The van der Waals surface area contributed by atoms with Crippen LogP contribution in [0, 0.1) is 0 Å². The molecule has 0 atom stereocenters. The summed E-state index contributed by atoms with van der Waals surface area (Å²) in [6.45, 7) is 4.74. The van der Waals surface area contributed by atoms with E-state index in [4.69, 9.17) is 16.3 Å². The van der Waals surface area contributed by atoms with E-state index >= 15 is 0 Å². The summed E-state index contributed by atoms with van der Waals surface area (Å²) in [7, 11) is 0. The fourth-order valence-corrected chi connectivity index (χ4v) is 2.22. The highest BCUT2D eigenvalue weighted by Gasteiger charge is 2.04. The molecule has 0 amide bonds. The lowest BCUT2D eigenvalue weighted by molar-refractivity contribution is 0.309. The molecule has 0 aliphatic carbocycles. The second-order valence-electron chi connectivity index (χ2n) is 4.57. The van der Waals surface area contributed by atoms with Crippen molar-refractivity contribution < 1.29 is 4.74 Å². The molecule has 2 nitrogen and oxygen atoms in total. The van der Waals surface area contributed by atoms with E-state index in [0.717, 1.165) is 36.4 Å². The Labute approximate surface area is 125 Å². The van der Waals surface area contributed by atoms with Gasteiger partial charge in [0.05, 0.1) is 11.6 Å². The van der Waals surface area contributed by atoms with Crippen molar-refractivity contribution in [3.63, 3.8) is 0 Å². The molecule has 0 radical (unpaired) electrons. The van der Waals surface area contributed by atoms with Crippen molar-refractivity contribution in [2.75, 3.05) is 19.7 Å². The van der Waals surface area contributed by atoms with Gasteiger partial charge in [0.2, 0.25) is 0 Å². The van der Waals surface area contributed by atoms with Gasteiger partial charge in [-0.25, -0.2) is 0 Å². The molecule has 1 N–H and O–H groups in total. The van der Waals surface area contributed by atoms with E-state index in [1.54, 1.807) is 0 Å². The van der Waals surface area contributed by atoms with Crippen molar-refractivity contribution in [3.8, 4) is 16.9 Å². The van der Waals surface area contributed by atoms with E-state index in [9.17, 15) is 0 Å². The molecule has 20 heavy (non-hydrogen) atoms. The summed E-state index contributed by atoms with van der Waals surface area (Å²) in [5.41, 5.74) is 2.27. The van der Waals surface area contributed by atoms with Gasteiger partial charge in [0, 0.05) is 0 Å². The van der Waals surface area contributed by atoms with Crippen LogP contribution >= 0.6 is 11.6 Å². The van der Waals surface area contributed by atoms with Crippen LogP contribution in [0.15, 0.2) is 48.5 Å². The predicted molar refractivity (Wildman–Crippen MR) is 85.5 cm³/mol. The van der Waals surface area contributed by atoms with Crippen LogP contribution in [0.3, 0.4) is 0 Å². The average Bonchev–Trinajstić information content (AvgIpc) is 2.49. The third kappa shape index (κ3) is 4.26. The van der Waals surface area contributed by atoms with Crippen molar-refractivity contribution in [2.24, 2.45) is 0 Å². The Bertz CT molecular complexity index is 528. The Morgan fingerprint density at radius 3 is 2.55 bits per heavy atom. The smallest absolute Gasteiger partial charge is 0.137 e. The van der Waals surface area contributed by atoms with Gasteiger partial charge in [-0.2, -0.15) is 0 Å². The van der Waals surface area contributed by atoms with Gasteiger partial charge in [-0.15, -0.1) is 0 Å². The van der Waals surface area contributed by atoms with Crippen molar-refractivity contribution >= 4 is 11.6 Å². The second-order valence-corrected chi connectivity index (χ2v) is 4.97. The van der Waals surface area contributed by atoms with Gasteiger partial charge < -0.3 is 10.1 Å². The minimum absolute atomic E-state index is 0.662. The monoisotopic (exact) mass is 289 g/mol. The number of nitrogens with one attached hydrogen (secondary N) is 1. The molecule has 0 aromatic heterocycles. The van der Waals surface area contributed by atoms with Crippen molar-refractivity contribution in [2.45, 2.75) is 13.3 Å². The van der Waals surface area contributed by atoms with Crippen LogP contribution in [0.1, 0.15) is 13.3 Å². The van der Waals surface area contributed by atoms with Crippen molar-refractivity contribution in [1.82, 2.24) is 5.32 Å². The van der Waals surface area contributed by atoms with Crippen LogP contribution in [-0.4, -0.2) is 19.7 Å². The molecule has 0 saturated carbocycles. The predicted octanol–water partition coefficient (Wildman–Crippen LogP) is 4.39. The second kappa shape index (κ2) is 7.93. The summed E-state index contributed by atoms with van der Waals surface area (Å²) in [6, 6.07) is 16.1. The molecule has 3 heteroatoms. The molecule has 0 aliphatic heterocycles. The van der Waals surface area contributed by atoms with Crippen LogP contribution in [-0.2, 0) is 0 Å². The number of hydrogen-bond donors (Lipinski definition) is 1. The summed E-state index contributed by atoms with van der Waals surface area (Å²) < 4.78 is 5.70. The zero-order valence-electron chi connectivity index (χ0n) is 11.7. The average molecular weight is 290 g/mol. The number of rotatable bonds is 7. The maximum absolute atomic E-state index is 6.28. The first-order valence-electron chi connectivity index (χ1n) is 6.99. The maximum atomic E-state index is 6.28. The normalized spacial score (nSPS) is 10.5.